The fourth-order valence-electron chi connectivity index (χ4n) is 8.48. The summed E-state index contributed by atoms with van der Waals surface area (Å²) < 4.78 is 16.9. The van der Waals surface area contributed by atoms with E-state index in [4.69, 9.17) is 14.2 Å². The lowest BCUT2D eigenvalue weighted by Gasteiger charge is -2.18. The third-order valence-electron chi connectivity index (χ3n) is 13.0. The van der Waals surface area contributed by atoms with Gasteiger partial charge in [0, 0.05) is 19.3 Å². The number of hydrogen-bond acceptors (Lipinski definition) is 6. The van der Waals surface area contributed by atoms with Crippen LogP contribution in [0.25, 0.3) is 0 Å². The molecule has 0 unspecified atom stereocenters. The predicted octanol–water partition coefficient (Wildman–Crippen LogP) is 20.0. The van der Waals surface area contributed by atoms with Gasteiger partial charge in [-0.2, -0.15) is 0 Å². The Morgan fingerprint density at radius 2 is 0.522 bits per heavy atom. The van der Waals surface area contributed by atoms with Crippen molar-refractivity contribution in [1.29, 1.82) is 0 Å². The summed E-state index contributed by atoms with van der Waals surface area (Å²) in [4.78, 5) is 38.2. The first-order valence-corrected chi connectivity index (χ1v) is 29.8. The lowest BCUT2D eigenvalue weighted by atomic mass is 10.0. The second-order valence-electron chi connectivity index (χ2n) is 19.9. The number of carbonyl (C=O) groups is 3. The topological polar surface area (TPSA) is 78.9 Å². The van der Waals surface area contributed by atoms with Crippen molar-refractivity contribution in [2.24, 2.45) is 0 Å². The Morgan fingerprint density at radius 3 is 0.841 bits per heavy atom. The number of allylic oxidation sites excluding steroid dienone is 10. The van der Waals surface area contributed by atoms with Crippen LogP contribution in [0.15, 0.2) is 60.8 Å². The number of ether oxygens (including phenoxy) is 3. The maximum absolute atomic E-state index is 12.9. The summed E-state index contributed by atoms with van der Waals surface area (Å²) in [6.07, 6.45) is 72.1. The molecule has 1 atom stereocenters. The maximum Gasteiger partial charge on any atom is 0.306 e. The summed E-state index contributed by atoms with van der Waals surface area (Å²) in [5, 5.41) is 0. The molecule has 0 aromatic carbocycles. The summed E-state index contributed by atoms with van der Waals surface area (Å²) in [5.74, 6) is -0.906. The van der Waals surface area contributed by atoms with Crippen molar-refractivity contribution < 1.29 is 28.6 Å². The van der Waals surface area contributed by atoms with Gasteiger partial charge in [0.05, 0.1) is 0 Å². The van der Waals surface area contributed by atoms with Crippen LogP contribution >= 0.6 is 0 Å². The molecule has 69 heavy (non-hydrogen) atoms. The molecule has 0 saturated heterocycles. The van der Waals surface area contributed by atoms with Gasteiger partial charge in [0.15, 0.2) is 6.10 Å². The largest absolute Gasteiger partial charge is 0.462 e. The summed E-state index contributed by atoms with van der Waals surface area (Å²) in [6, 6.07) is 0. The highest BCUT2D eigenvalue weighted by Crippen LogP contribution is 2.16. The van der Waals surface area contributed by atoms with Crippen molar-refractivity contribution in [3.63, 3.8) is 0 Å². The minimum atomic E-state index is -0.788. The highest BCUT2D eigenvalue weighted by atomic mass is 16.6. The molecule has 0 aliphatic heterocycles. The molecular weight excluding hydrogens is 853 g/mol. The van der Waals surface area contributed by atoms with Gasteiger partial charge < -0.3 is 14.2 Å². The van der Waals surface area contributed by atoms with Crippen molar-refractivity contribution in [2.75, 3.05) is 13.2 Å². The molecule has 0 aromatic heterocycles. The molecule has 6 nitrogen and oxygen atoms in total. The molecule has 0 bridgehead atoms. The van der Waals surface area contributed by atoms with Gasteiger partial charge in [0.2, 0.25) is 0 Å². The van der Waals surface area contributed by atoms with E-state index in [2.05, 4.69) is 81.5 Å². The van der Waals surface area contributed by atoms with Crippen LogP contribution < -0.4 is 0 Å². The Balaban J connectivity index is 4.40. The summed E-state index contributed by atoms with van der Waals surface area (Å²) in [7, 11) is 0. The smallest absolute Gasteiger partial charge is 0.306 e. The van der Waals surface area contributed by atoms with Crippen LogP contribution in [0.3, 0.4) is 0 Å². The van der Waals surface area contributed by atoms with Crippen molar-refractivity contribution >= 4 is 17.9 Å². The van der Waals surface area contributed by atoms with Gasteiger partial charge in [-0.3, -0.25) is 14.4 Å². The first-order valence-electron chi connectivity index (χ1n) is 29.8. The van der Waals surface area contributed by atoms with Crippen molar-refractivity contribution in [2.45, 2.75) is 309 Å². The van der Waals surface area contributed by atoms with E-state index in [0.717, 1.165) is 103 Å². The number of rotatable bonds is 54. The van der Waals surface area contributed by atoms with Crippen LogP contribution in [0, 0.1) is 0 Å². The number of carbonyl (C=O) groups excluding carboxylic acids is 3. The van der Waals surface area contributed by atoms with Gasteiger partial charge in [-0.1, -0.05) is 255 Å². The van der Waals surface area contributed by atoms with Gasteiger partial charge in [-0.15, -0.1) is 0 Å². The standard InChI is InChI=1S/C63H112O6/c1-4-7-10-13-16-19-22-25-28-30-31-33-36-39-42-45-48-51-54-57-63(66)69-60(58-67-61(64)55-52-49-46-43-40-37-34-27-24-21-18-15-12-9-6-3)59-68-62(65)56-53-50-47-44-41-38-35-32-29-26-23-20-17-14-11-8-5-2/h17-18,20-21,26-27,29,34-35,38,60H,4-16,19,22-25,28,30-33,36-37,39-59H2,1-3H3/b20-17-,21-18-,29-26-,34-27-,38-35-/t60-/m0/s1. The SMILES string of the molecule is CCCCC/C=C\C/C=C\C/C=C\CCCCCCC(=O)OC[C@H](COC(=O)CCCCCCC/C=C\C/C=C\CCCCC)OC(=O)CCCCCCCCCCCCCCCCCCCCC. The maximum atomic E-state index is 12.9. The van der Waals surface area contributed by atoms with Gasteiger partial charge >= 0.3 is 17.9 Å². The molecule has 0 heterocycles. The number of esters is 3. The third-order valence-corrected chi connectivity index (χ3v) is 13.0. The fraction of sp³-hybridized carbons (Fsp3) is 0.794. The summed E-state index contributed by atoms with van der Waals surface area (Å²) in [6.45, 7) is 6.59. The molecule has 0 aliphatic rings. The average Bonchev–Trinajstić information content (AvgIpc) is 3.35. The molecule has 0 fully saturated rings. The zero-order valence-corrected chi connectivity index (χ0v) is 45.8. The lowest BCUT2D eigenvalue weighted by molar-refractivity contribution is -0.167. The van der Waals surface area contributed by atoms with E-state index in [1.54, 1.807) is 0 Å². The second kappa shape index (κ2) is 57.7. The van der Waals surface area contributed by atoms with Crippen LogP contribution in [0.5, 0.6) is 0 Å². The first kappa shape index (κ1) is 66.1. The second-order valence-corrected chi connectivity index (χ2v) is 19.9. The Kier molecular flexibility index (Phi) is 55.3. The Labute approximate surface area is 428 Å². The summed E-state index contributed by atoms with van der Waals surface area (Å²) in [5.41, 5.74) is 0. The van der Waals surface area contributed by atoms with E-state index < -0.39 is 6.10 Å². The fourth-order valence-corrected chi connectivity index (χ4v) is 8.48. The van der Waals surface area contributed by atoms with Crippen molar-refractivity contribution in [3.8, 4) is 0 Å². The highest BCUT2D eigenvalue weighted by Gasteiger charge is 2.19. The predicted molar refractivity (Wildman–Crippen MR) is 298 cm³/mol. The normalized spacial score (nSPS) is 12.4. The zero-order chi connectivity index (χ0) is 50.0. The molecule has 0 rings (SSSR count). The van der Waals surface area contributed by atoms with Gasteiger partial charge in [0.25, 0.3) is 0 Å². The number of unbranched alkanes of at least 4 members (excludes halogenated alkanes) is 33. The molecule has 0 N–H and O–H groups in total. The molecule has 6 heteroatoms. The molecular formula is C63H112O6. The molecule has 0 radical (unpaired) electrons. The van der Waals surface area contributed by atoms with Crippen molar-refractivity contribution in [3.05, 3.63) is 60.8 Å². The first-order chi connectivity index (χ1) is 34.0. The number of hydrogen-bond donors (Lipinski definition) is 0. The Hall–Kier alpha value is -2.89. The minimum Gasteiger partial charge on any atom is -0.462 e. The van der Waals surface area contributed by atoms with E-state index in [0.29, 0.717) is 19.3 Å². The third kappa shape index (κ3) is 55.9. The Bertz CT molecular complexity index is 1250. The van der Waals surface area contributed by atoms with Gasteiger partial charge in [0.1, 0.15) is 13.2 Å². The van der Waals surface area contributed by atoms with Crippen LogP contribution in [-0.2, 0) is 28.6 Å². The van der Waals surface area contributed by atoms with E-state index in [1.807, 2.05) is 0 Å². The van der Waals surface area contributed by atoms with Crippen LogP contribution in [0.4, 0.5) is 0 Å². The minimum absolute atomic E-state index is 0.0865. The quantitative estimate of drug-likeness (QED) is 0.0262. The molecule has 0 spiro atoms. The molecule has 400 valence electrons. The zero-order valence-electron chi connectivity index (χ0n) is 45.8. The van der Waals surface area contributed by atoms with Gasteiger partial charge in [-0.25, -0.2) is 0 Å². The summed E-state index contributed by atoms with van der Waals surface area (Å²) >= 11 is 0. The molecule has 0 saturated carbocycles. The van der Waals surface area contributed by atoms with Crippen LogP contribution in [0.2, 0.25) is 0 Å². The van der Waals surface area contributed by atoms with Gasteiger partial charge in [-0.05, 0) is 89.9 Å². The molecule has 0 aromatic rings. The van der Waals surface area contributed by atoms with E-state index in [9.17, 15) is 14.4 Å². The highest BCUT2D eigenvalue weighted by molar-refractivity contribution is 5.71. The molecule has 0 amide bonds. The average molecular weight is 966 g/mol. The van der Waals surface area contributed by atoms with Crippen molar-refractivity contribution in [1.82, 2.24) is 0 Å². The van der Waals surface area contributed by atoms with Crippen LogP contribution in [0.1, 0.15) is 303 Å². The van der Waals surface area contributed by atoms with E-state index in [1.165, 1.54) is 161 Å². The monoisotopic (exact) mass is 965 g/mol. The lowest BCUT2D eigenvalue weighted by Crippen LogP contribution is -2.30. The molecule has 0 aliphatic carbocycles. The van der Waals surface area contributed by atoms with Crippen LogP contribution in [-0.4, -0.2) is 37.2 Å². The van der Waals surface area contributed by atoms with E-state index in [-0.39, 0.29) is 31.1 Å². The van der Waals surface area contributed by atoms with E-state index >= 15 is 0 Å². The Morgan fingerprint density at radius 1 is 0.290 bits per heavy atom.